The predicted octanol–water partition coefficient (Wildman–Crippen LogP) is 8.69. The minimum atomic E-state index is -2.05. The Hall–Kier alpha value is -8.78. The van der Waals surface area contributed by atoms with Crippen LogP contribution < -0.4 is 29.5 Å². The molecule has 0 unspecified atom stereocenters. The van der Waals surface area contributed by atoms with Gasteiger partial charge in [-0.15, -0.1) is 0 Å². The summed E-state index contributed by atoms with van der Waals surface area (Å²) in [7, 11) is 4.78. The maximum Gasteiger partial charge on any atom is 0.259 e. The van der Waals surface area contributed by atoms with E-state index in [1.54, 1.807) is 144 Å². The quantitative estimate of drug-likeness (QED) is 0.0807. The smallest absolute Gasteiger partial charge is 0.259 e. The molecule has 21 nitrogen and oxygen atoms in total. The van der Waals surface area contributed by atoms with Crippen LogP contribution in [0.3, 0.4) is 0 Å². The van der Waals surface area contributed by atoms with Crippen LogP contribution in [0.1, 0.15) is 90.6 Å². The van der Waals surface area contributed by atoms with Crippen molar-refractivity contribution in [3.05, 3.63) is 189 Å². The van der Waals surface area contributed by atoms with Crippen molar-refractivity contribution >= 4 is 106 Å². The molecule has 0 saturated heterocycles. The number of nitrogens with zero attached hydrogens (tertiary/aromatic N) is 13. The number of carbonyl (C=O) groups excluding carboxylic acids is 5. The van der Waals surface area contributed by atoms with E-state index in [4.69, 9.17) is 10.5 Å². The van der Waals surface area contributed by atoms with Gasteiger partial charge in [-0.3, -0.25) is 34.0 Å². The second-order valence-electron chi connectivity index (χ2n) is 19.3. The van der Waals surface area contributed by atoms with Gasteiger partial charge < -0.3 is 10.6 Å². The molecule has 0 aliphatic rings. The molecule has 0 spiro atoms. The van der Waals surface area contributed by atoms with Crippen LogP contribution >= 0.6 is 31.9 Å². The molecule has 0 aromatic carbocycles. The van der Waals surface area contributed by atoms with Gasteiger partial charge in [0.15, 0.2) is 0 Å². The normalized spacial score (nSPS) is 10.6. The fraction of sp³-hybridized carbons (Fsp3) is 0.207. The molecule has 0 aliphatic heterocycles. The molecule has 5 amide bonds. The van der Waals surface area contributed by atoms with Crippen LogP contribution in [0.2, 0.25) is 14.8 Å². The number of nitrogens with one attached hydrogen (secondary N) is 3. The average molecular weight is 1340 g/mol. The van der Waals surface area contributed by atoms with E-state index < -0.39 is 18.4 Å². The number of aromatic nitrogens is 9. The first-order valence-electron chi connectivity index (χ1n) is 25.3. The van der Waals surface area contributed by atoms with Gasteiger partial charge in [-0.1, -0.05) is 0 Å². The molecule has 0 radical (unpaired) electrons. The maximum absolute atomic E-state index is 13.4. The third-order valence-electron chi connectivity index (χ3n) is 12.0. The molecule has 3 N–H and O–H groups in total. The number of amides is 5. The van der Waals surface area contributed by atoms with Crippen LogP contribution in [-0.2, 0) is 0 Å². The molecule has 9 heterocycles. The van der Waals surface area contributed by atoms with E-state index in [2.05, 4.69) is 97.7 Å². The summed E-state index contributed by atoms with van der Waals surface area (Å²) in [4.78, 5) is 91.7. The standard InChI is InChI=1S/C24H21N7O2.C17H14BrN5O.C7H7BrN2O.C7H7N2O.3CH3.Sn/c1-15(2)31(22-7-4-16(11-25)12-28-22)24(33)17-8-9-30-21(10-17)19(14-29-30)20-6-5-18(13-27-20)23(32)26-3;1-11(2)23(16-4-3-12(8-19)9-20-16)17(24)13-5-6-22-15(7-13)14(18)10-21-22;1-9-7(11)5-2-3-6(8)10-4-5;1-8-7(10)6-3-2-4-9-5-6;;;;/h4-10,12-15H,1-3H3,(H,26,32);3-7,9-11H,1-2H3;2-4H,1H3,(H,9,11);2-3,5H,1H3,(H,8,10);3*1H3;. The summed E-state index contributed by atoms with van der Waals surface area (Å²) in [6, 6.07) is 28.2. The monoisotopic (exact) mass is 1340 g/mol. The number of nitriles is 2. The van der Waals surface area contributed by atoms with E-state index in [0.29, 0.717) is 61.8 Å². The van der Waals surface area contributed by atoms with E-state index in [1.165, 1.54) is 28.5 Å². The van der Waals surface area contributed by atoms with Gasteiger partial charge in [0, 0.05) is 80.1 Å². The minimum Gasteiger partial charge on any atom is -0.355 e. The van der Waals surface area contributed by atoms with Gasteiger partial charge in [0.1, 0.15) is 28.4 Å². The molecule has 0 bridgehead atoms. The molecule has 9 aromatic heterocycles. The Morgan fingerprint density at radius 3 is 1.37 bits per heavy atom. The molecule has 9 rings (SSSR count). The van der Waals surface area contributed by atoms with Gasteiger partial charge in [-0.05, 0) is 132 Å². The van der Waals surface area contributed by atoms with E-state index in [9.17, 15) is 24.0 Å². The van der Waals surface area contributed by atoms with Crippen molar-refractivity contribution in [3.8, 4) is 23.4 Å². The molecule has 418 valence electrons. The molecular weight excluding hydrogens is 1280 g/mol. The molecule has 0 atom stereocenters. The number of hydrogen-bond donors (Lipinski definition) is 3. The van der Waals surface area contributed by atoms with Crippen molar-refractivity contribution in [2.24, 2.45) is 0 Å². The Morgan fingerprint density at radius 2 is 0.976 bits per heavy atom. The largest absolute Gasteiger partial charge is 0.355 e. The van der Waals surface area contributed by atoms with Gasteiger partial charge in [-0.25, -0.2) is 24.0 Å². The summed E-state index contributed by atoms with van der Waals surface area (Å²) < 4.78 is 6.11. The van der Waals surface area contributed by atoms with Crippen LogP contribution in [0.4, 0.5) is 11.6 Å². The van der Waals surface area contributed by atoms with Crippen molar-refractivity contribution < 1.29 is 24.0 Å². The molecule has 0 saturated carbocycles. The fourth-order valence-electron chi connectivity index (χ4n) is 7.67. The summed E-state index contributed by atoms with van der Waals surface area (Å²) in [5.41, 5.74) is 6.44. The van der Waals surface area contributed by atoms with Gasteiger partial charge >= 0.3 is 88.8 Å². The Balaban J connectivity index is 0.000000192. The van der Waals surface area contributed by atoms with Crippen molar-refractivity contribution in [3.63, 3.8) is 0 Å². The summed E-state index contributed by atoms with van der Waals surface area (Å²) in [5, 5.41) is 34.1. The molecule has 9 aromatic rings. The number of pyridine rings is 7. The molecule has 0 fully saturated rings. The summed E-state index contributed by atoms with van der Waals surface area (Å²) >= 11 is 4.55. The van der Waals surface area contributed by atoms with E-state index in [-0.39, 0.29) is 41.6 Å². The zero-order valence-corrected chi connectivity index (χ0v) is 52.6. The van der Waals surface area contributed by atoms with Crippen molar-refractivity contribution in [2.75, 3.05) is 30.9 Å². The number of carbonyl (C=O) groups is 5. The average Bonchev–Trinajstić information content (AvgIpc) is 4.11. The van der Waals surface area contributed by atoms with Crippen molar-refractivity contribution in [1.29, 1.82) is 10.5 Å². The number of halogens is 2. The Morgan fingerprint density at radius 1 is 0.524 bits per heavy atom. The fourth-order valence-corrected chi connectivity index (χ4v) is 11.2. The third-order valence-corrected chi connectivity index (χ3v) is 18.3. The molecule has 0 aliphatic carbocycles. The number of fused-ring (bicyclic) bond motifs is 2. The molecular formula is C58H58Br2N16O5Sn. The van der Waals surface area contributed by atoms with Crippen molar-refractivity contribution in [2.45, 2.75) is 54.6 Å². The zero-order chi connectivity index (χ0) is 59.8. The first kappa shape index (κ1) is 62.4. The first-order valence-corrected chi connectivity index (χ1v) is 36.9. The van der Waals surface area contributed by atoms with Crippen LogP contribution in [0, 0.1) is 22.7 Å². The Bertz CT molecular complexity index is 3800. The van der Waals surface area contributed by atoms with Crippen LogP contribution in [0.5, 0.6) is 0 Å². The van der Waals surface area contributed by atoms with E-state index in [1.807, 2.05) is 52.0 Å². The van der Waals surface area contributed by atoms with Gasteiger partial charge in [-0.2, -0.15) is 20.7 Å². The minimum absolute atomic E-state index is 0.0758. The summed E-state index contributed by atoms with van der Waals surface area (Å²) in [6.45, 7) is 7.65. The number of anilines is 2. The van der Waals surface area contributed by atoms with Crippen LogP contribution in [0.15, 0.2) is 150 Å². The Kier molecular flexibility index (Phi) is 21.8. The van der Waals surface area contributed by atoms with Crippen LogP contribution in [0.25, 0.3) is 22.3 Å². The van der Waals surface area contributed by atoms with E-state index >= 15 is 0 Å². The number of rotatable bonds is 11. The summed E-state index contributed by atoms with van der Waals surface area (Å²) in [6.07, 6.45) is 14.4. The molecule has 24 heteroatoms. The van der Waals surface area contributed by atoms with Gasteiger partial charge in [0.2, 0.25) is 0 Å². The van der Waals surface area contributed by atoms with Gasteiger partial charge in [0.25, 0.3) is 23.6 Å². The van der Waals surface area contributed by atoms with Crippen LogP contribution in [-0.4, -0.2) is 125 Å². The van der Waals surface area contributed by atoms with E-state index in [0.717, 1.165) is 20.2 Å². The topological polar surface area (TPSA) is 275 Å². The second-order valence-corrected chi connectivity index (χ2v) is 35.3. The zero-order valence-electron chi connectivity index (χ0n) is 46.5. The second kappa shape index (κ2) is 28.6. The number of hydrogen-bond acceptors (Lipinski definition) is 14. The van der Waals surface area contributed by atoms with Crippen molar-refractivity contribution in [1.82, 2.24) is 60.1 Å². The summed E-state index contributed by atoms with van der Waals surface area (Å²) in [5.74, 6) is 0.193. The maximum atomic E-state index is 13.4. The SMILES string of the molecule is CC(C)N(C(=O)c1ccn2ncc(Br)c2c1)c1ccc(C#N)cn1.CNC(=O)c1cc[c]([Sn]([CH3])([CH3])[CH3])nc1.CNC(=O)c1ccc(-c2cnn3ccc(C(=O)N(c4ccc(C#N)cn4)C(C)C)cc23)nc1.CNC(=O)c1ccc(Br)nc1. The third kappa shape index (κ3) is 15.8. The first-order chi connectivity index (χ1) is 39.1. The Labute approximate surface area is 495 Å². The van der Waals surface area contributed by atoms with Gasteiger partial charge in [0.05, 0.1) is 55.8 Å². The predicted molar refractivity (Wildman–Crippen MR) is 322 cm³/mol. The molecule has 82 heavy (non-hydrogen) atoms.